The molecule has 0 radical (unpaired) electrons. The average molecular weight is 301 g/mol. The molecule has 118 valence electrons. The molecular weight excluding hydrogens is 278 g/mol. The van der Waals surface area contributed by atoms with E-state index >= 15 is 0 Å². The molecule has 0 N–H and O–H groups in total. The van der Waals surface area contributed by atoms with Crippen molar-refractivity contribution >= 4 is 17.6 Å². The number of amides is 1. The van der Waals surface area contributed by atoms with E-state index in [0.717, 1.165) is 44.2 Å². The number of nitrogens with zero attached hydrogens (tertiary/aromatic N) is 1. The van der Waals surface area contributed by atoms with E-state index in [-0.39, 0.29) is 17.8 Å². The van der Waals surface area contributed by atoms with Gasteiger partial charge in [0.25, 0.3) is 0 Å². The molecule has 1 aliphatic heterocycles. The number of anilines is 1. The zero-order valence-corrected chi connectivity index (χ0v) is 13.1. The minimum atomic E-state index is -0.640. The van der Waals surface area contributed by atoms with Crippen LogP contribution in [0.3, 0.4) is 0 Å². The molecular formula is C18H23NO3. The number of carbonyl (C=O) groups is 2. The van der Waals surface area contributed by atoms with Gasteiger partial charge in [0.05, 0.1) is 7.11 Å². The molecule has 0 spiro atoms. The molecule has 1 saturated carbocycles. The maximum absolute atomic E-state index is 13.1. The number of hydrogen-bond donors (Lipinski definition) is 0. The first-order chi connectivity index (χ1) is 10.7. The van der Waals surface area contributed by atoms with Gasteiger partial charge >= 0.3 is 5.97 Å². The Morgan fingerprint density at radius 3 is 2.64 bits per heavy atom. The number of ether oxygens (including phenoxy) is 1. The first-order valence-corrected chi connectivity index (χ1v) is 8.19. The van der Waals surface area contributed by atoms with Crippen LogP contribution in [0.25, 0.3) is 0 Å². The van der Waals surface area contributed by atoms with Gasteiger partial charge in [0, 0.05) is 12.2 Å². The lowest BCUT2D eigenvalue weighted by atomic mass is 9.88. The smallest absolute Gasteiger partial charge is 0.318 e. The summed E-state index contributed by atoms with van der Waals surface area (Å²) >= 11 is 0. The minimum absolute atomic E-state index is 0.0779. The Balaban J connectivity index is 1.89. The summed E-state index contributed by atoms with van der Waals surface area (Å²) < 4.78 is 4.94. The van der Waals surface area contributed by atoms with Crippen molar-refractivity contribution in [3.05, 3.63) is 29.8 Å². The van der Waals surface area contributed by atoms with Crippen molar-refractivity contribution in [2.45, 2.75) is 38.5 Å². The summed E-state index contributed by atoms with van der Waals surface area (Å²) in [6, 6.07) is 8.00. The van der Waals surface area contributed by atoms with Gasteiger partial charge in [-0.05, 0) is 43.2 Å². The van der Waals surface area contributed by atoms with Crippen molar-refractivity contribution < 1.29 is 14.3 Å². The number of methoxy groups -OCH3 is 1. The molecule has 1 amide bonds. The van der Waals surface area contributed by atoms with Crippen molar-refractivity contribution in [2.24, 2.45) is 11.8 Å². The topological polar surface area (TPSA) is 46.6 Å². The van der Waals surface area contributed by atoms with Crippen molar-refractivity contribution in [1.82, 2.24) is 0 Å². The Hall–Kier alpha value is -1.84. The number of benzene rings is 1. The molecule has 2 aliphatic rings. The predicted octanol–water partition coefficient (Wildman–Crippen LogP) is 2.95. The second kappa shape index (κ2) is 6.51. The second-order valence-electron chi connectivity index (χ2n) is 6.27. The summed E-state index contributed by atoms with van der Waals surface area (Å²) in [4.78, 5) is 27.1. The molecule has 1 aromatic rings. The van der Waals surface area contributed by atoms with Gasteiger partial charge in [-0.2, -0.15) is 0 Å². The standard InChI is InChI=1S/C18H23NO3/c1-22-18(21)16(14-8-2-3-9-14)17(20)19-12-6-10-13-7-4-5-11-15(13)19/h4-5,7,11,14,16H,2-3,6,8-10,12H2,1H3. The summed E-state index contributed by atoms with van der Waals surface area (Å²) in [7, 11) is 1.38. The summed E-state index contributed by atoms with van der Waals surface area (Å²) in [5.41, 5.74) is 2.16. The highest BCUT2D eigenvalue weighted by atomic mass is 16.5. The van der Waals surface area contributed by atoms with Crippen LogP contribution in [-0.4, -0.2) is 25.5 Å². The number of carbonyl (C=O) groups excluding carboxylic acids is 2. The number of hydrogen-bond acceptors (Lipinski definition) is 3. The van der Waals surface area contributed by atoms with Crippen LogP contribution < -0.4 is 4.90 Å². The number of para-hydroxylation sites is 1. The molecule has 0 aromatic heterocycles. The summed E-state index contributed by atoms with van der Waals surface area (Å²) in [5, 5.41) is 0. The van der Waals surface area contributed by atoms with E-state index in [0.29, 0.717) is 6.54 Å². The van der Waals surface area contributed by atoms with Gasteiger partial charge in [-0.25, -0.2) is 0 Å². The van der Waals surface area contributed by atoms with E-state index in [1.54, 1.807) is 4.90 Å². The van der Waals surface area contributed by atoms with E-state index in [4.69, 9.17) is 4.74 Å². The van der Waals surface area contributed by atoms with Crippen LogP contribution in [0.15, 0.2) is 24.3 Å². The van der Waals surface area contributed by atoms with Crippen LogP contribution in [0.4, 0.5) is 5.69 Å². The number of fused-ring (bicyclic) bond motifs is 1. The summed E-state index contributed by atoms with van der Waals surface area (Å²) in [5.74, 6) is -0.960. The number of aryl methyl sites for hydroxylation is 1. The van der Waals surface area contributed by atoms with Crippen molar-refractivity contribution in [1.29, 1.82) is 0 Å². The first-order valence-electron chi connectivity index (χ1n) is 8.19. The molecule has 4 nitrogen and oxygen atoms in total. The fourth-order valence-electron chi connectivity index (χ4n) is 3.84. The van der Waals surface area contributed by atoms with Crippen LogP contribution >= 0.6 is 0 Å². The van der Waals surface area contributed by atoms with Gasteiger partial charge in [-0.3, -0.25) is 9.59 Å². The highest BCUT2D eigenvalue weighted by Gasteiger charge is 2.40. The molecule has 3 rings (SSSR count). The highest BCUT2D eigenvalue weighted by Crippen LogP contribution is 2.35. The third-order valence-corrected chi connectivity index (χ3v) is 4.97. The normalized spacial score (nSPS) is 19.6. The molecule has 1 fully saturated rings. The number of rotatable bonds is 3. The largest absolute Gasteiger partial charge is 0.468 e. The lowest BCUT2D eigenvalue weighted by Crippen LogP contribution is -2.45. The van der Waals surface area contributed by atoms with E-state index in [1.165, 1.54) is 12.7 Å². The summed E-state index contributed by atoms with van der Waals surface area (Å²) in [6.45, 7) is 0.691. The van der Waals surface area contributed by atoms with Crippen LogP contribution in [0.2, 0.25) is 0 Å². The van der Waals surface area contributed by atoms with Crippen LogP contribution in [-0.2, 0) is 20.7 Å². The Kier molecular flexibility index (Phi) is 4.46. The fourth-order valence-corrected chi connectivity index (χ4v) is 3.84. The average Bonchev–Trinajstić information content (AvgIpc) is 3.08. The maximum atomic E-state index is 13.1. The molecule has 1 unspecified atom stereocenters. The van der Waals surface area contributed by atoms with E-state index in [2.05, 4.69) is 6.07 Å². The molecule has 4 heteroatoms. The molecule has 1 atom stereocenters. The Labute approximate surface area is 131 Å². The predicted molar refractivity (Wildman–Crippen MR) is 84.6 cm³/mol. The lowest BCUT2D eigenvalue weighted by Gasteiger charge is -2.33. The van der Waals surface area contributed by atoms with Crippen LogP contribution in [0, 0.1) is 11.8 Å². The van der Waals surface area contributed by atoms with Gasteiger partial charge in [-0.1, -0.05) is 31.0 Å². The lowest BCUT2D eigenvalue weighted by molar-refractivity contribution is -0.151. The van der Waals surface area contributed by atoms with Crippen LogP contribution in [0.1, 0.15) is 37.7 Å². The van der Waals surface area contributed by atoms with Gasteiger partial charge < -0.3 is 9.64 Å². The van der Waals surface area contributed by atoms with Crippen molar-refractivity contribution in [3.63, 3.8) is 0 Å². The van der Waals surface area contributed by atoms with Gasteiger partial charge in [-0.15, -0.1) is 0 Å². The fraction of sp³-hybridized carbons (Fsp3) is 0.556. The molecule has 1 aromatic carbocycles. The van der Waals surface area contributed by atoms with Crippen molar-refractivity contribution in [3.8, 4) is 0 Å². The zero-order chi connectivity index (χ0) is 15.5. The molecule has 0 saturated heterocycles. The monoisotopic (exact) mass is 301 g/mol. The van der Waals surface area contributed by atoms with Gasteiger partial charge in [0.1, 0.15) is 5.92 Å². The van der Waals surface area contributed by atoms with E-state index in [9.17, 15) is 9.59 Å². The Bertz CT molecular complexity index is 563. The second-order valence-corrected chi connectivity index (χ2v) is 6.27. The molecule has 22 heavy (non-hydrogen) atoms. The third-order valence-electron chi connectivity index (χ3n) is 4.97. The van der Waals surface area contributed by atoms with Gasteiger partial charge in [0.15, 0.2) is 0 Å². The Morgan fingerprint density at radius 1 is 1.18 bits per heavy atom. The molecule has 1 aliphatic carbocycles. The summed E-state index contributed by atoms with van der Waals surface area (Å²) in [6.07, 6.45) is 6.03. The molecule has 0 bridgehead atoms. The first kappa shape index (κ1) is 15.1. The van der Waals surface area contributed by atoms with Crippen LogP contribution in [0.5, 0.6) is 0 Å². The third kappa shape index (κ3) is 2.74. The Morgan fingerprint density at radius 2 is 1.91 bits per heavy atom. The van der Waals surface area contributed by atoms with E-state index < -0.39 is 5.92 Å². The maximum Gasteiger partial charge on any atom is 0.318 e. The SMILES string of the molecule is COC(=O)C(C(=O)N1CCCc2ccccc21)C1CCCC1. The van der Waals surface area contributed by atoms with E-state index in [1.807, 2.05) is 18.2 Å². The van der Waals surface area contributed by atoms with Gasteiger partial charge in [0.2, 0.25) is 5.91 Å². The van der Waals surface area contributed by atoms with Crippen molar-refractivity contribution in [2.75, 3.05) is 18.6 Å². The minimum Gasteiger partial charge on any atom is -0.468 e. The number of esters is 1. The quantitative estimate of drug-likeness (QED) is 0.637. The zero-order valence-electron chi connectivity index (χ0n) is 13.1. The molecule has 1 heterocycles. The highest BCUT2D eigenvalue weighted by molar-refractivity contribution is 6.07.